The number of thiocarbonyl (C=S) groups is 1. The van der Waals surface area contributed by atoms with Gasteiger partial charge in [-0.15, -0.1) is 0 Å². The smallest absolute Gasteiger partial charge is 0.173 e. The van der Waals surface area contributed by atoms with E-state index in [1.165, 1.54) is 5.56 Å². The lowest BCUT2D eigenvalue weighted by Crippen LogP contribution is -2.47. The standard InChI is InChI=1S/C25H30N2O3S/c1-6-13-27-17(3)23(18(4)28)24(26-25(27)31)20-11-12-21(29-5)22(14-20)30-15-19-9-7-16(2)8-10-19/h7-12,14,24H,6,13,15H2,1-5H3,(H,26,31). The van der Waals surface area contributed by atoms with E-state index in [1.54, 1.807) is 14.0 Å². The molecule has 1 aliphatic heterocycles. The van der Waals surface area contributed by atoms with Crippen LogP contribution in [0.25, 0.3) is 0 Å². The Morgan fingerprint density at radius 3 is 2.45 bits per heavy atom. The van der Waals surface area contributed by atoms with Gasteiger partial charge in [-0.1, -0.05) is 42.8 Å². The van der Waals surface area contributed by atoms with Crippen molar-refractivity contribution in [3.05, 3.63) is 70.4 Å². The lowest BCUT2D eigenvalue weighted by Gasteiger charge is -2.37. The van der Waals surface area contributed by atoms with Crippen molar-refractivity contribution in [3.8, 4) is 11.5 Å². The van der Waals surface area contributed by atoms with Crippen LogP contribution in [0.15, 0.2) is 53.7 Å². The minimum atomic E-state index is -0.328. The molecule has 0 saturated heterocycles. The van der Waals surface area contributed by atoms with E-state index in [1.807, 2.05) is 30.0 Å². The van der Waals surface area contributed by atoms with Crippen LogP contribution in [0.1, 0.15) is 49.9 Å². The Labute approximate surface area is 190 Å². The summed E-state index contributed by atoms with van der Waals surface area (Å²) in [6.07, 6.45) is 0.939. The highest BCUT2D eigenvalue weighted by Crippen LogP contribution is 2.36. The van der Waals surface area contributed by atoms with Crippen LogP contribution in [0.2, 0.25) is 0 Å². The van der Waals surface area contributed by atoms with E-state index in [0.717, 1.165) is 35.4 Å². The number of methoxy groups -OCH3 is 1. The highest BCUT2D eigenvalue weighted by Gasteiger charge is 2.32. The maximum atomic E-state index is 12.6. The minimum absolute atomic E-state index is 0.0246. The Balaban J connectivity index is 1.94. The number of nitrogens with zero attached hydrogens (tertiary/aromatic N) is 1. The monoisotopic (exact) mass is 438 g/mol. The van der Waals surface area contributed by atoms with Crippen molar-refractivity contribution < 1.29 is 14.3 Å². The summed E-state index contributed by atoms with van der Waals surface area (Å²) in [7, 11) is 1.62. The summed E-state index contributed by atoms with van der Waals surface area (Å²) in [4.78, 5) is 14.6. The topological polar surface area (TPSA) is 50.8 Å². The Bertz CT molecular complexity index is 998. The van der Waals surface area contributed by atoms with Crippen LogP contribution >= 0.6 is 12.2 Å². The molecule has 0 spiro atoms. The Morgan fingerprint density at radius 2 is 1.84 bits per heavy atom. The van der Waals surface area contributed by atoms with Gasteiger partial charge in [0.25, 0.3) is 0 Å². The molecule has 1 aliphatic rings. The lowest BCUT2D eigenvalue weighted by atomic mass is 9.92. The molecule has 0 fully saturated rings. The number of rotatable bonds is 8. The normalized spacial score (nSPS) is 16.2. The summed E-state index contributed by atoms with van der Waals surface area (Å²) in [6.45, 7) is 8.91. The molecule has 6 heteroatoms. The number of nitrogens with one attached hydrogen (secondary N) is 1. The van der Waals surface area contributed by atoms with Crippen molar-refractivity contribution in [2.75, 3.05) is 13.7 Å². The minimum Gasteiger partial charge on any atom is -0.493 e. The van der Waals surface area contributed by atoms with Crippen LogP contribution in [0.4, 0.5) is 0 Å². The maximum absolute atomic E-state index is 12.6. The van der Waals surface area contributed by atoms with Crippen LogP contribution in [0, 0.1) is 6.92 Å². The van der Waals surface area contributed by atoms with E-state index in [2.05, 4.69) is 43.4 Å². The predicted molar refractivity (Wildman–Crippen MR) is 127 cm³/mol. The molecule has 0 aliphatic carbocycles. The highest BCUT2D eigenvalue weighted by molar-refractivity contribution is 7.80. The molecule has 0 radical (unpaired) electrons. The number of allylic oxidation sites excluding steroid dienone is 1. The van der Waals surface area contributed by atoms with E-state index < -0.39 is 0 Å². The first-order valence-corrected chi connectivity index (χ1v) is 10.9. The molecule has 5 nitrogen and oxygen atoms in total. The molecule has 0 bridgehead atoms. The van der Waals surface area contributed by atoms with Gasteiger partial charge in [-0.25, -0.2) is 0 Å². The third kappa shape index (κ3) is 5.07. The number of benzene rings is 2. The van der Waals surface area contributed by atoms with Gasteiger partial charge in [0.1, 0.15) is 6.61 Å². The molecular weight excluding hydrogens is 408 g/mol. The summed E-state index contributed by atoms with van der Waals surface area (Å²) in [5, 5.41) is 3.99. The molecule has 1 N–H and O–H groups in total. The second-order valence-electron chi connectivity index (χ2n) is 7.77. The summed E-state index contributed by atoms with van der Waals surface area (Å²) in [6, 6.07) is 13.6. The van der Waals surface area contributed by atoms with Crippen molar-refractivity contribution >= 4 is 23.1 Å². The Kier molecular flexibility index (Phi) is 7.33. The fraction of sp³-hybridized carbons (Fsp3) is 0.360. The fourth-order valence-corrected chi connectivity index (χ4v) is 4.16. The Morgan fingerprint density at radius 1 is 1.13 bits per heavy atom. The van der Waals surface area contributed by atoms with Crippen LogP contribution in [0.3, 0.4) is 0 Å². The zero-order chi connectivity index (χ0) is 22.5. The number of carbonyl (C=O) groups excluding carboxylic acids is 1. The summed E-state index contributed by atoms with van der Waals surface area (Å²) < 4.78 is 11.6. The van der Waals surface area contributed by atoms with Crippen LogP contribution < -0.4 is 14.8 Å². The van der Waals surface area contributed by atoms with Gasteiger partial charge in [-0.2, -0.15) is 0 Å². The van der Waals surface area contributed by atoms with Crippen molar-refractivity contribution in [1.82, 2.24) is 10.2 Å². The van der Waals surface area contributed by atoms with E-state index in [0.29, 0.717) is 23.2 Å². The molecule has 0 amide bonds. The molecule has 0 aromatic heterocycles. The lowest BCUT2D eigenvalue weighted by molar-refractivity contribution is -0.114. The first-order chi connectivity index (χ1) is 14.8. The zero-order valence-corrected chi connectivity index (χ0v) is 19.6. The van der Waals surface area contributed by atoms with Gasteiger partial charge in [0, 0.05) is 17.8 Å². The van der Waals surface area contributed by atoms with Gasteiger partial charge in [-0.05, 0) is 62.7 Å². The molecule has 1 heterocycles. The van der Waals surface area contributed by atoms with Gasteiger partial charge in [-0.3, -0.25) is 4.79 Å². The zero-order valence-electron chi connectivity index (χ0n) is 18.8. The quantitative estimate of drug-likeness (QED) is 0.580. The van der Waals surface area contributed by atoms with Crippen LogP contribution in [0.5, 0.6) is 11.5 Å². The molecule has 1 atom stereocenters. The SMILES string of the molecule is CCCN1C(=S)NC(c2ccc(OC)c(OCc3ccc(C)cc3)c2)C(C(C)=O)=C1C. The largest absolute Gasteiger partial charge is 0.493 e. The number of hydrogen-bond acceptors (Lipinski definition) is 4. The second-order valence-corrected chi connectivity index (χ2v) is 8.16. The molecule has 164 valence electrons. The van der Waals surface area contributed by atoms with Crippen LogP contribution in [-0.2, 0) is 11.4 Å². The third-order valence-electron chi connectivity index (χ3n) is 5.46. The average molecular weight is 439 g/mol. The summed E-state index contributed by atoms with van der Waals surface area (Å²) in [5.74, 6) is 1.30. The van der Waals surface area contributed by atoms with E-state index in [9.17, 15) is 4.79 Å². The molecular formula is C25H30N2O3S. The molecule has 0 saturated carbocycles. The number of aryl methyl sites for hydroxylation is 1. The number of ketones is 1. The van der Waals surface area contributed by atoms with E-state index in [-0.39, 0.29) is 11.8 Å². The van der Waals surface area contributed by atoms with Gasteiger partial charge in [0.2, 0.25) is 0 Å². The third-order valence-corrected chi connectivity index (χ3v) is 5.80. The van der Waals surface area contributed by atoms with E-state index >= 15 is 0 Å². The first kappa shape index (κ1) is 22.8. The number of carbonyl (C=O) groups is 1. The fourth-order valence-electron chi connectivity index (χ4n) is 3.81. The molecule has 2 aromatic rings. The Hall–Kier alpha value is -2.86. The summed E-state index contributed by atoms with van der Waals surface area (Å²) in [5.41, 5.74) is 4.81. The molecule has 2 aromatic carbocycles. The van der Waals surface area contributed by atoms with Crippen molar-refractivity contribution in [1.29, 1.82) is 0 Å². The predicted octanol–water partition coefficient (Wildman–Crippen LogP) is 5.09. The molecule has 3 rings (SSSR count). The first-order valence-electron chi connectivity index (χ1n) is 10.5. The molecule has 31 heavy (non-hydrogen) atoms. The van der Waals surface area contributed by atoms with Crippen LogP contribution in [-0.4, -0.2) is 29.5 Å². The van der Waals surface area contributed by atoms with Crippen molar-refractivity contribution in [2.45, 2.75) is 46.8 Å². The maximum Gasteiger partial charge on any atom is 0.173 e. The number of hydrogen-bond donors (Lipinski definition) is 1. The van der Waals surface area contributed by atoms with Gasteiger partial charge >= 0.3 is 0 Å². The summed E-state index contributed by atoms with van der Waals surface area (Å²) >= 11 is 5.61. The van der Waals surface area contributed by atoms with Gasteiger partial charge < -0.3 is 19.7 Å². The number of Topliss-reactive ketones (excluding diaryl/α,β-unsaturated/α-hetero) is 1. The second kappa shape index (κ2) is 9.96. The van der Waals surface area contributed by atoms with Gasteiger partial charge in [0.05, 0.1) is 13.2 Å². The van der Waals surface area contributed by atoms with Crippen molar-refractivity contribution in [2.24, 2.45) is 0 Å². The average Bonchev–Trinajstić information content (AvgIpc) is 2.75. The van der Waals surface area contributed by atoms with Crippen molar-refractivity contribution in [3.63, 3.8) is 0 Å². The molecule has 1 unspecified atom stereocenters. The van der Waals surface area contributed by atoms with Gasteiger partial charge in [0.15, 0.2) is 22.4 Å². The highest BCUT2D eigenvalue weighted by atomic mass is 32.1. The number of ether oxygens (including phenoxy) is 2. The van der Waals surface area contributed by atoms with E-state index in [4.69, 9.17) is 21.7 Å².